The first kappa shape index (κ1) is 22.2. The van der Waals surface area contributed by atoms with E-state index in [1.165, 1.54) is 11.1 Å². The molecule has 2 aliphatic rings. The zero-order chi connectivity index (χ0) is 24.6. The predicted molar refractivity (Wildman–Crippen MR) is 148 cm³/mol. The lowest BCUT2D eigenvalue weighted by Crippen LogP contribution is -2.03. The van der Waals surface area contributed by atoms with Gasteiger partial charge in [0.1, 0.15) is 11.5 Å². The van der Waals surface area contributed by atoms with E-state index in [-0.39, 0.29) is 0 Å². The third-order valence-corrected chi connectivity index (χ3v) is 7.01. The summed E-state index contributed by atoms with van der Waals surface area (Å²) in [7, 11) is 3.43. The number of hydrogen-bond acceptors (Lipinski definition) is 3. The monoisotopic (exact) mass is 472 g/mol. The first-order valence-electron chi connectivity index (χ1n) is 12.3. The van der Waals surface area contributed by atoms with Crippen LogP contribution in [0.3, 0.4) is 0 Å². The number of hydrogen-bond donors (Lipinski definition) is 1. The topological polar surface area (TPSA) is 46.6 Å². The van der Waals surface area contributed by atoms with E-state index >= 15 is 0 Å². The highest BCUT2D eigenvalue weighted by Gasteiger charge is 2.26. The molecule has 0 amide bonds. The molecular weight excluding hydrogens is 444 g/mol. The van der Waals surface area contributed by atoms with Gasteiger partial charge in [-0.05, 0) is 48.2 Å². The number of nitrogens with zero attached hydrogens (tertiary/aromatic N) is 1. The molecule has 0 radical (unpaired) electrons. The number of rotatable bonds is 5. The summed E-state index contributed by atoms with van der Waals surface area (Å²) >= 11 is 0. The lowest BCUT2D eigenvalue weighted by molar-refractivity contribution is 0.414. The minimum absolute atomic E-state index is 0.472. The quantitative estimate of drug-likeness (QED) is 0.332. The van der Waals surface area contributed by atoms with Gasteiger partial charge in [0, 0.05) is 33.5 Å². The molecule has 1 aromatic heterocycles. The average Bonchev–Trinajstić information content (AvgIpc) is 3.47. The summed E-state index contributed by atoms with van der Waals surface area (Å²) in [6.45, 7) is 2.26. The van der Waals surface area contributed by atoms with Crippen LogP contribution in [-0.2, 0) is 6.42 Å². The van der Waals surface area contributed by atoms with Crippen molar-refractivity contribution < 1.29 is 9.47 Å². The summed E-state index contributed by atoms with van der Waals surface area (Å²) in [5.74, 6) is 2.15. The maximum Gasteiger partial charge on any atom is 0.128 e. The Hall–Kier alpha value is -4.31. The number of H-pyrrole nitrogens is 1. The predicted octanol–water partition coefficient (Wildman–Crippen LogP) is 7.25. The normalized spacial score (nSPS) is 17.0. The summed E-state index contributed by atoms with van der Waals surface area (Å²) in [5, 5.41) is 0. The van der Waals surface area contributed by atoms with E-state index in [2.05, 4.69) is 72.6 Å². The summed E-state index contributed by atoms with van der Waals surface area (Å²) in [6.07, 6.45) is 7.71. The summed E-state index contributed by atoms with van der Waals surface area (Å²) in [4.78, 5) is 8.89. The van der Waals surface area contributed by atoms with Gasteiger partial charge in [0.2, 0.25) is 0 Å². The standard InChI is InChI=1S/C32H28N2O2/c1-20-16-17-23-26(18-20)28(34-32(23)25-13-7-9-15-30(25)36-3)19-27-21-10-4-5-11-22(21)31(33-27)24-12-6-8-14-29(24)35-2/h4-17,19-20,34H,18H2,1-3H3/t20-/m1/s1. The SMILES string of the molecule is COc1ccccc1C1=NC(=Cc2[nH]c(-c3ccccc3OC)c3c2C[C@H](C)C=C3)c2ccccc21. The largest absolute Gasteiger partial charge is 0.496 e. The second-order valence-corrected chi connectivity index (χ2v) is 9.28. The van der Waals surface area contributed by atoms with Gasteiger partial charge in [-0.15, -0.1) is 0 Å². The average molecular weight is 473 g/mol. The Morgan fingerprint density at radius 2 is 1.42 bits per heavy atom. The van der Waals surface area contributed by atoms with Crippen LogP contribution < -0.4 is 9.47 Å². The van der Waals surface area contributed by atoms with Crippen molar-refractivity contribution in [2.24, 2.45) is 10.9 Å². The number of para-hydroxylation sites is 2. The maximum absolute atomic E-state index is 5.69. The van der Waals surface area contributed by atoms with Gasteiger partial charge in [0.05, 0.1) is 31.3 Å². The molecule has 1 aliphatic heterocycles. The van der Waals surface area contributed by atoms with Crippen LogP contribution in [0.15, 0.2) is 83.9 Å². The van der Waals surface area contributed by atoms with Gasteiger partial charge >= 0.3 is 0 Å². The molecule has 1 atom stereocenters. The van der Waals surface area contributed by atoms with Gasteiger partial charge < -0.3 is 14.5 Å². The van der Waals surface area contributed by atoms with E-state index in [1.54, 1.807) is 14.2 Å². The molecule has 0 spiro atoms. The number of aromatic amines is 1. The Morgan fingerprint density at radius 1 is 0.806 bits per heavy atom. The van der Waals surface area contributed by atoms with Crippen LogP contribution in [0, 0.1) is 5.92 Å². The number of aliphatic imine (C=N–C) groups is 1. The van der Waals surface area contributed by atoms with Crippen molar-refractivity contribution in [3.05, 3.63) is 112 Å². The Morgan fingerprint density at radius 3 is 2.14 bits per heavy atom. The molecule has 0 saturated heterocycles. The van der Waals surface area contributed by atoms with Crippen molar-refractivity contribution in [2.75, 3.05) is 14.2 Å². The fraction of sp³-hybridized carbons (Fsp3) is 0.156. The van der Waals surface area contributed by atoms with Crippen LogP contribution in [0.4, 0.5) is 0 Å². The first-order valence-corrected chi connectivity index (χ1v) is 12.3. The number of benzene rings is 3. The van der Waals surface area contributed by atoms with Crippen LogP contribution in [0.1, 0.15) is 40.4 Å². The van der Waals surface area contributed by atoms with E-state index < -0.39 is 0 Å². The van der Waals surface area contributed by atoms with Gasteiger partial charge in [-0.3, -0.25) is 0 Å². The van der Waals surface area contributed by atoms with Crippen molar-refractivity contribution in [2.45, 2.75) is 13.3 Å². The third kappa shape index (κ3) is 3.66. The molecule has 4 nitrogen and oxygen atoms in total. The molecule has 0 unspecified atom stereocenters. The second-order valence-electron chi connectivity index (χ2n) is 9.28. The van der Waals surface area contributed by atoms with Crippen LogP contribution in [0.5, 0.6) is 11.5 Å². The molecule has 0 bridgehead atoms. The molecule has 3 aromatic carbocycles. The van der Waals surface area contributed by atoms with E-state index in [0.29, 0.717) is 5.92 Å². The molecule has 2 heterocycles. The Labute approximate surface area is 211 Å². The Balaban J connectivity index is 1.54. The molecule has 178 valence electrons. The fourth-order valence-corrected chi connectivity index (χ4v) is 5.26. The third-order valence-electron chi connectivity index (χ3n) is 7.01. The number of methoxy groups -OCH3 is 2. The molecule has 6 rings (SSSR count). The Kier molecular flexibility index (Phi) is 5.57. The van der Waals surface area contributed by atoms with Crippen molar-refractivity contribution in [3.8, 4) is 22.8 Å². The number of allylic oxidation sites excluding steroid dienone is 1. The number of aromatic nitrogens is 1. The van der Waals surface area contributed by atoms with Gasteiger partial charge in [-0.1, -0.05) is 67.6 Å². The van der Waals surface area contributed by atoms with Gasteiger partial charge in [-0.2, -0.15) is 0 Å². The van der Waals surface area contributed by atoms with Crippen molar-refractivity contribution in [1.29, 1.82) is 0 Å². The molecule has 36 heavy (non-hydrogen) atoms. The molecule has 0 saturated carbocycles. The zero-order valence-corrected chi connectivity index (χ0v) is 20.7. The van der Waals surface area contributed by atoms with E-state index in [9.17, 15) is 0 Å². The van der Waals surface area contributed by atoms with Crippen molar-refractivity contribution in [1.82, 2.24) is 4.98 Å². The highest BCUT2D eigenvalue weighted by atomic mass is 16.5. The lowest BCUT2D eigenvalue weighted by Gasteiger charge is -2.14. The smallest absolute Gasteiger partial charge is 0.128 e. The van der Waals surface area contributed by atoms with Crippen molar-refractivity contribution in [3.63, 3.8) is 0 Å². The molecule has 1 aliphatic carbocycles. The highest BCUT2D eigenvalue weighted by molar-refractivity contribution is 6.22. The zero-order valence-electron chi connectivity index (χ0n) is 20.7. The van der Waals surface area contributed by atoms with E-state index in [4.69, 9.17) is 14.5 Å². The highest BCUT2D eigenvalue weighted by Crippen LogP contribution is 2.41. The van der Waals surface area contributed by atoms with Gasteiger partial charge in [0.15, 0.2) is 0 Å². The number of ether oxygens (including phenoxy) is 2. The van der Waals surface area contributed by atoms with Crippen LogP contribution in [0.2, 0.25) is 0 Å². The summed E-state index contributed by atoms with van der Waals surface area (Å²) in [6, 6.07) is 24.7. The Bertz CT molecular complexity index is 1550. The van der Waals surface area contributed by atoms with Crippen LogP contribution in [0.25, 0.3) is 29.1 Å². The lowest BCUT2D eigenvalue weighted by atomic mass is 9.89. The molecule has 1 N–H and O–H groups in total. The number of fused-ring (bicyclic) bond motifs is 2. The minimum atomic E-state index is 0.472. The van der Waals surface area contributed by atoms with Gasteiger partial charge in [-0.25, -0.2) is 4.99 Å². The van der Waals surface area contributed by atoms with Gasteiger partial charge in [0.25, 0.3) is 0 Å². The molecule has 0 fully saturated rings. The van der Waals surface area contributed by atoms with Crippen LogP contribution in [-0.4, -0.2) is 24.9 Å². The van der Waals surface area contributed by atoms with Crippen molar-refractivity contribution >= 4 is 23.6 Å². The maximum atomic E-state index is 5.69. The second kappa shape index (κ2) is 9.04. The summed E-state index contributed by atoms with van der Waals surface area (Å²) in [5.41, 5.74) is 10.9. The number of nitrogens with one attached hydrogen (secondary N) is 1. The molecule has 4 heteroatoms. The van der Waals surface area contributed by atoms with Crippen LogP contribution >= 0.6 is 0 Å². The minimum Gasteiger partial charge on any atom is -0.496 e. The first-order chi connectivity index (χ1) is 17.7. The summed E-state index contributed by atoms with van der Waals surface area (Å²) < 4.78 is 11.4. The molecule has 4 aromatic rings. The fourth-order valence-electron chi connectivity index (χ4n) is 5.26. The van der Waals surface area contributed by atoms with E-state index in [1.807, 2.05) is 30.3 Å². The molecular formula is C32H28N2O2. The van der Waals surface area contributed by atoms with E-state index in [0.717, 1.165) is 63.0 Å².